The van der Waals surface area contributed by atoms with Gasteiger partial charge in [0.25, 0.3) is 11.8 Å². The second-order valence-electron chi connectivity index (χ2n) is 6.85. The van der Waals surface area contributed by atoms with Gasteiger partial charge in [-0.1, -0.05) is 38.1 Å². The van der Waals surface area contributed by atoms with Gasteiger partial charge in [0, 0.05) is 19.2 Å². The van der Waals surface area contributed by atoms with E-state index in [1.54, 1.807) is 33.0 Å². The maximum atomic E-state index is 12.6. The summed E-state index contributed by atoms with van der Waals surface area (Å²) in [6, 6.07) is 6.40. The van der Waals surface area contributed by atoms with Gasteiger partial charge in [-0.2, -0.15) is 0 Å². The van der Waals surface area contributed by atoms with E-state index in [1.807, 2.05) is 12.1 Å². The Bertz CT molecular complexity index is 742. The van der Waals surface area contributed by atoms with E-state index in [1.165, 1.54) is 11.8 Å². The first-order valence-electron chi connectivity index (χ1n) is 8.67. The van der Waals surface area contributed by atoms with Crippen LogP contribution in [0, 0.1) is 5.92 Å². The quantitative estimate of drug-likeness (QED) is 0.819. The molecule has 0 unspecified atom stereocenters. The molecule has 2 atom stereocenters. The normalized spacial score (nSPS) is 18.3. The van der Waals surface area contributed by atoms with Crippen LogP contribution in [0.4, 0.5) is 0 Å². The van der Waals surface area contributed by atoms with E-state index < -0.39 is 24.0 Å². The summed E-state index contributed by atoms with van der Waals surface area (Å²) < 4.78 is 0. The summed E-state index contributed by atoms with van der Waals surface area (Å²) in [6.07, 6.45) is -0.525. The maximum absolute atomic E-state index is 12.6. The van der Waals surface area contributed by atoms with Gasteiger partial charge in [0.05, 0.1) is 0 Å². The third-order valence-electron chi connectivity index (χ3n) is 4.39. The first kappa shape index (κ1) is 19.8. The number of nitrogens with zero attached hydrogens (tertiary/aromatic N) is 2. The number of carbonyl (C=O) groups is 3. The van der Waals surface area contributed by atoms with Crippen LogP contribution >= 0.6 is 0 Å². The van der Waals surface area contributed by atoms with Crippen molar-refractivity contribution in [2.75, 3.05) is 13.6 Å². The van der Waals surface area contributed by atoms with Gasteiger partial charge in [-0.15, -0.1) is 0 Å². The molecule has 7 nitrogen and oxygen atoms in total. The fourth-order valence-electron chi connectivity index (χ4n) is 2.63. The molecule has 0 aromatic heterocycles. The van der Waals surface area contributed by atoms with E-state index in [0.717, 1.165) is 5.56 Å². The molecule has 0 radical (unpaired) electrons. The maximum Gasteiger partial charge on any atom is 0.272 e. The Hall–Kier alpha value is -2.54. The lowest BCUT2D eigenvalue weighted by atomic mass is 10.0. The van der Waals surface area contributed by atoms with Crippen LogP contribution in [0.25, 0.3) is 0 Å². The molecule has 1 aromatic rings. The number of aliphatic imine (C=N–C) groups is 1. The van der Waals surface area contributed by atoms with Crippen molar-refractivity contribution in [1.82, 2.24) is 10.2 Å². The van der Waals surface area contributed by atoms with Gasteiger partial charge in [-0.25, -0.2) is 4.99 Å². The summed E-state index contributed by atoms with van der Waals surface area (Å²) >= 11 is 0. The first-order valence-corrected chi connectivity index (χ1v) is 8.67. The SMILES string of the molecule is CC(C)[C@H](O)C(=O)N[C@@H](C)C(=O)N=C1C(=O)N(C)CCc2ccccc21. The van der Waals surface area contributed by atoms with Crippen molar-refractivity contribution in [2.45, 2.75) is 39.3 Å². The number of aliphatic hydroxyl groups excluding tert-OH is 1. The number of nitrogens with one attached hydrogen (secondary N) is 1. The Morgan fingerprint density at radius 2 is 1.88 bits per heavy atom. The lowest BCUT2D eigenvalue weighted by Gasteiger charge is -2.18. The lowest BCUT2D eigenvalue weighted by molar-refractivity contribution is -0.134. The highest BCUT2D eigenvalue weighted by molar-refractivity contribution is 6.47. The van der Waals surface area contributed by atoms with Crippen LogP contribution in [0.15, 0.2) is 29.3 Å². The van der Waals surface area contributed by atoms with Gasteiger partial charge in [-0.3, -0.25) is 14.4 Å². The number of hydrogen-bond acceptors (Lipinski definition) is 4. The molecule has 2 N–H and O–H groups in total. The largest absolute Gasteiger partial charge is 0.383 e. The fraction of sp³-hybridized carbons (Fsp3) is 0.474. The smallest absolute Gasteiger partial charge is 0.272 e. The molecule has 0 fully saturated rings. The summed E-state index contributed by atoms with van der Waals surface area (Å²) in [5, 5.41) is 12.2. The van der Waals surface area contributed by atoms with Crippen molar-refractivity contribution in [3.05, 3.63) is 35.4 Å². The van der Waals surface area contributed by atoms with Crippen LogP contribution in [-0.2, 0) is 20.8 Å². The van der Waals surface area contributed by atoms with Crippen molar-refractivity contribution in [3.63, 3.8) is 0 Å². The topological polar surface area (TPSA) is 99.1 Å². The predicted molar refractivity (Wildman–Crippen MR) is 97.8 cm³/mol. The molecule has 1 aromatic carbocycles. The van der Waals surface area contributed by atoms with Gasteiger partial charge in [0.1, 0.15) is 17.9 Å². The minimum absolute atomic E-state index is 0.0797. The number of aliphatic hydroxyl groups is 1. The average molecular weight is 359 g/mol. The standard InChI is InChI=1S/C19H25N3O4/c1-11(2)16(23)18(25)20-12(3)17(24)21-15-14-8-6-5-7-13(14)9-10-22(4)19(15)26/h5-8,11-12,16,23H,9-10H2,1-4H3,(H,20,25)/t12-,16-/m0/s1. The summed E-state index contributed by atoms with van der Waals surface area (Å²) in [5.74, 6) is -1.87. The molecule has 140 valence electrons. The number of amides is 3. The zero-order valence-electron chi connectivity index (χ0n) is 15.5. The Morgan fingerprint density at radius 3 is 2.54 bits per heavy atom. The fourth-order valence-corrected chi connectivity index (χ4v) is 2.63. The van der Waals surface area contributed by atoms with E-state index in [0.29, 0.717) is 18.5 Å². The first-order chi connectivity index (χ1) is 12.2. The molecule has 0 bridgehead atoms. The van der Waals surface area contributed by atoms with Crippen LogP contribution in [0.5, 0.6) is 0 Å². The lowest BCUT2D eigenvalue weighted by Crippen LogP contribution is -2.45. The number of likely N-dealkylation sites (N-methyl/N-ethyl adjacent to an activating group) is 1. The number of hydrogen-bond donors (Lipinski definition) is 2. The molecule has 0 aliphatic carbocycles. The van der Waals surface area contributed by atoms with Crippen molar-refractivity contribution >= 4 is 23.4 Å². The van der Waals surface area contributed by atoms with Gasteiger partial charge >= 0.3 is 0 Å². The highest BCUT2D eigenvalue weighted by atomic mass is 16.3. The minimum Gasteiger partial charge on any atom is -0.383 e. The summed E-state index contributed by atoms with van der Waals surface area (Å²) in [7, 11) is 1.67. The van der Waals surface area contributed by atoms with Gasteiger partial charge in [-0.05, 0) is 24.8 Å². The number of benzene rings is 1. The molecule has 3 amide bonds. The van der Waals surface area contributed by atoms with Gasteiger partial charge in [0.2, 0.25) is 5.91 Å². The molecule has 1 aliphatic rings. The van der Waals surface area contributed by atoms with Crippen molar-refractivity contribution in [2.24, 2.45) is 10.9 Å². The highest BCUT2D eigenvalue weighted by Gasteiger charge is 2.28. The number of fused-ring (bicyclic) bond motifs is 1. The summed E-state index contributed by atoms with van der Waals surface area (Å²) in [6.45, 7) is 5.42. The Balaban J connectivity index is 2.27. The van der Waals surface area contributed by atoms with Gasteiger partial charge < -0.3 is 15.3 Å². The van der Waals surface area contributed by atoms with E-state index >= 15 is 0 Å². The molecular formula is C19H25N3O4. The van der Waals surface area contributed by atoms with Crippen LogP contribution < -0.4 is 5.32 Å². The monoisotopic (exact) mass is 359 g/mol. The molecule has 7 heteroatoms. The Morgan fingerprint density at radius 1 is 1.23 bits per heavy atom. The van der Waals surface area contributed by atoms with E-state index in [-0.39, 0.29) is 17.5 Å². The zero-order valence-corrected chi connectivity index (χ0v) is 15.5. The minimum atomic E-state index is -1.20. The second-order valence-corrected chi connectivity index (χ2v) is 6.85. The van der Waals surface area contributed by atoms with Crippen molar-refractivity contribution < 1.29 is 19.5 Å². The molecule has 0 saturated heterocycles. The van der Waals surface area contributed by atoms with Gasteiger partial charge in [0.15, 0.2) is 0 Å². The van der Waals surface area contributed by atoms with Crippen LogP contribution in [0.1, 0.15) is 31.9 Å². The molecule has 0 saturated carbocycles. The van der Waals surface area contributed by atoms with Crippen LogP contribution in [-0.4, -0.2) is 59.2 Å². The highest BCUT2D eigenvalue weighted by Crippen LogP contribution is 2.17. The Kier molecular flexibility index (Phi) is 6.26. The summed E-state index contributed by atoms with van der Waals surface area (Å²) in [5.41, 5.74) is 1.66. The zero-order chi connectivity index (χ0) is 19.4. The van der Waals surface area contributed by atoms with Crippen LogP contribution in [0.3, 0.4) is 0 Å². The molecular weight excluding hydrogens is 334 g/mol. The molecule has 2 rings (SSSR count). The molecule has 1 aliphatic heterocycles. The second kappa shape index (κ2) is 8.23. The molecule has 26 heavy (non-hydrogen) atoms. The van der Waals surface area contributed by atoms with Crippen molar-refractivity contribution in [1.29, 1.82) is 0 Å². The molecule has 0 spiro atoms. The van der Waals surface area contributed by atoms with E-state index in [9.17, 15) is 19.5 Å². The molecule has 1 heterocycles. The third-order valence-corrected chi connectivity index (χ3v) is 4.39. The number of rotatable bonds is 4. The summed E-state index contributed by atoms with van der Waals surface area (Å²) in [4.78, 5) is 42.5. The third kappa shape index (κ3) is 4.35. The van der Waals surface area contributed by atoms with E-state index in [4.69, 9.17) is 0 Å². The van der Waals surface area contributed by atoms with Crippen molar-refractivity contribution in [3.8, 4) is 0 Å². The average Bonchev–Trinajstić information content (AvgIpc) is 2.73. The van der Waals surface area contributed by atoms with E-state index in [2.05, 4.69) is 10.3 Å². The Labute approximate surface area is 153 Å². The predicted octanol–water partition coefficient (Wildman–Crippen LogP) is 0.538. The number of carbonyl (C=O) groups excluding carboxylic acids is 3. The van der Waals surface area contributed by atoms with Crippen LogP contribution in [0.2, 0.25) is 0 Å².